The maximum atomic E-state index is 2.45. The topological polar surface area (TPSA) is 29.6 Å². The molecular weight excluding hydrogens is 1810 g/mol. The van der Waals surface area contributed by atoms with Crippen LogP contribution in [0.5, 0.6) is 0 Å². The minimum atomic E-state index is 1.15. The van der Waals surface area contributed by atoms with Crippen LogP contribution in [0.1, 0.15) is 0 Å². The van der Waals surface area contributed by atoms with Gasteiger partial charge in [0.1, 0.15) is 0 Å². The van der Waals surface area contributed by atoms with Crippen LogP contribution in [0.4, 0.5) is 0 Å². The molecule has 30 rings (SSSR count). The van der Waals surface area contributed by atoms with Crippen molar-refractivity contribution in [2.75, 3.05) is 0 Å². The van der Waals surface area contributed by atoms with E-state index in [4.69, 9.17) is 0 Å². The van der Waals surface area contributed by atoms with Crippen LogP contribution >= 0.6 is 0 Å². The molecular formula is C144H96N6. The number of aromatic nitrogens is 6. The first-order chi connectivity index (χ1) is 74.4. The first kappa shape index (κ1) is 87.8. The molecule has 0 radical (unpaired) electrons. The van der Waals surface area contributed by atoms with Crippen LogP contribution in [0.3, 0.4) is 0 Å². The predicted molar refractivity (Wildman–Crippen MR) is 634 cm³/mol. The van der Waals surface area contributed by atoms with Crippen LogP contribution in [0.15, 0.2) is 582 Å². The van der Waals surface area contributed by atoms with Crippen molar-refractivity contribution in [1.29, 1.82) is 0 Å². The number of fused-ring (bicyclic) bond motifs is 18. The quantitative estimate of drug-likeness (QED) is 0.0979. The summed E-state index contributed by atoms with van der Waals surface area (Å²) in [5.74, 6) is 0. The summed E-state index contributed by atoms with van der Waals surface area (Å²) >= 11 is 0. The average Bonchev–Trinajstić information content (AvgIpc) is 1.59. The van der Waals surface area contributed by atoms with Gasteiger partial charge in [-0.25, -0.2) is 0 Å². The zero-order valence-electron chi connectivity index (χ0n) is 82.1. The van der Waals surface area contributed by atoms with E-state index in [1.807, 2.05) is 0 Å². The highest BCUT2D eigenvalue weighted by Crippen LogP contribution is 2.47. The van der Waals surface area contributed by atoms with E-state index < -0.39 is 0 Å². The van der Waals surface area contributed by atoms with Gasteiger partial charge in [0.15, 0.2) is 0 Å². The van der Waals surface area contributed by atoms with Crippen LogP contribution in [0.25, 0.3) is 265 Å². The van der Waals surface area contributed by atoms with E-state index in [2.05, 4.69) is 610 Å². The molecule has 6 heterocycles. The van der Waals surface area contributed by atoms with Gasteiger partial charge in [-0.2, -0.15) is 0 Å². The van der Waals surface area contributed by atoms with Gasteiger partial charge in [-0.15, -0.1) is 0 Å². The van der Waals surface area contributed by atoms with E-state index in [1.165, 1.54) is 248 Å². The third kappa shape index (κ3) is 15.5. The van der Waals surface area contributed by atoms with Gasteiger partial charge < -0.3 is 27.4 Å². The maximum absolute atomic E-state index is 2.45. The van der Waals surface area contributed by atoms with Crippen molar-refractivity contribution in [3.8, 4) is 134 Å². The van der Waals surface area contributed by atoms with Gasteiger partial charge in [0, 0.05) is 104 Å². The van der Waals surface area contributed by atoms with Gasteiger partial charge in [0.05, 0.1) is 66.2 Å². The van der Waals surface area contributed by atoms with Crippen molar-refractivity contribution < 1.29 is 0 Å². The number of rotatable bonds is 15. The summed E-state index contributed by atoms with van der Waals surface area (Å²) in [4.78, 5) is 0. The lowest BCUT2D eigenvalue weighted by Gasteiger charge is -2.13. The molecule has 0 aliphatic heterocycles. The molecule has 0 aliphatic carbocycles. The summed E-state index contributed by atoms with van der Waals surface area (Å²) in [6.45, 7) is 0. The van der Waals surface area contributed by atoms with Crippen LogP contribution in [-0.2, 0) is 0 Å². The lowest BCUT2D eigenvalue weighted by atomic mass is 9.99. The van der Waals surface area contributed by atoms with Crippen molar-refractivity contribution in [1.82, 2.24) is 27.4 Å². The van der Waals surface area contributed by atoms with E-state index >= 15 is 0 Å². The second kappa shape index (κ2) is 37.4. The zero-order valence-corrected chi connectivity index (χ0v) is 82.1. The Hall–Kier alpha value is -19.9. The molecule has 0 aliphatic rings. The molecule has 6 aromatic heterocycles. The number of hydrogen-bond acceptors (Lipinski definition) is 0. The lowest BCUT2D eigenvalue weighted by molar-refractivity contribution is 1.18. The standard InChI is InChI=1S/3C48H32N2/c1-4-13-33(14-5-1)35-17-12-20-40(29-35)50-45-22-11-10-21-41(45)42-31-37(24-27-46(42)50)38-25-28-48-44(32-38)43-30-36(34-15-6-2-7-16-34)23-26-47(43)49(48)39-18-8-3-9-19-39;1-4-13-33(14-5-1)34-23-27-39(28-24-34)50-47-30-26-37(32-44(47)42-21-12-20-40(48(42)50)35-15-6-2-7-16-35)36-25-29-46-43(31-36)41-19-10-11-22-45(41)49(46)38-17-8-3-9-18-38;1-4-12-33(13-5-1)35-20-25-40(26-21-35)50-45-19-11-10-18-41(45)42-31-37(23-28-46(42)50)38-24-29-48-44(32-38)43-30-36(34-14-6-2-7-15-34)22-27-47(43)49(48)39-16-8-3-9-17-39/h3*1-32H. The normalized spacial score (nSPS) is 11.6. The van der Waals surface area contributed by atoms with Crippen LogP contribution < -0.4 is 0 Å². The van der Waals surface area contributed by atoms with Crippen molar-refractivity contribution in [3.63, 3.8) is 0 Å². The van der Waals surface area contributed by atoms with Gasteiger partial charge in [0.25, 0.3) is 0 Å². The Kier molecular flexibility index (Phi) is 21.9. The molecule has 0 spiro atoms. The molecule has 0 saturated heterocycles. The highest BCUT2D eigenvalue weighted by atomic mass is 15.0. The van der Waals surface area contributed by atoms with Gasteiger partial charge in [0.2, 0.25) is 0 Å². The molecule has 0 saturated carbocycles. The second-order valence-electron chi connectivity index (χ2n) is 39.0. The molecule has 6 nitrogen and oxygen atoms in total. The van der Waals surface area contributed by atoms with E-state index in [0.717, 1.165) is 17.1 Å². The fraction of sp³-hybridized carbons (Fsp3) is 0. The number of para-hydroxylation sites is 7. The Bertz CT molecular complexity index is 10400. The Labute approximate surface area is 868 Å². The number of nitrogens with zero attached hydrogens (tertiary/aromatic N) is 6. The summed E-state index contributed by atoms with van der Waals surface area (Å²) in [5.41, 5.74) is 43.4. The van der Waals surface area contributed by atoms with Crippen molar-refractivity contribution >= 4 is 131 Å². The average molecular weight is 1910 g/mol. The summed E-state index contributed by atoms with van der Waals surface area (Å²) in [6, 6.07) is 211. The minimum absolute atomic E-state index is 1.15. The first-order valence-corrected chi connectivity index (χ1v) is 51.6. The number of hydrogen-bond donors (Lipinski definition) is 0. The van der Waals surface area contributed by atoms with E-state index in [0.29, 0.717) is 0 Å². The van der Waals surface area contributed by atoms with E-state index in [-0.39, 0.29) is 0 Å². The molecule has 30 aromatic rings. The third-order valence-corrected chi connectivity index (χ3v) is 30.4. The van der Waals surface area contributed by atoms with Crippen LogP contribution in [0, 0.1) is 0 Å². The molecule has 0 amide bonds. The highest BCUT2D eigenvalue weighted by molar-refractivity contribution is 6.19. The summed E-state index contributed by atoms with van der Waals surface area (Å²) < 4.78 is 14.4. The highest BCUT2D eigenvalue weighted by Gasteiger charge is 2.25. The molecule has 0 unspecified atom stereocenters. The fourth-order valence-corrected chi connectivity index (χ4v) is 23.3. The smallest absolute Gasteiger partial charge is 0.0619 e. The zero-order chi connectivity index (χ0) is 99.1. The molecule has 0 atom stereocenters. The molecule has 6 heteroatoms. The number of benzene rings is 24. The van der Waals surface area contributed by atoms with Crippen molar-refractivity contribution in [2.24, 2.45) is 0 Å². The Morgan fingerprint density at radius 2 is 0.260 bits per heavy atom. The monoisotopic (exact) mass is 1910 g/mol. The molecule has 24 aromatic carbocycles. The second-order valence-corrected chi connectivity index (χ2v) is 39.0. The lowest BCUT2D eigenvalue weighted by Crippen LogP contribution is -1.95. The summed E-state index contributed by atoms with van der Waals surface area (Å²) in [6.07, 6.45) is 0. The van der Waals surface area contributed by atoms with Gasteiger partial charge in [-0.05, 0) is 283 Å². The largest absolute Gasteiger partial charge is 0.309 e. The van der Waals surface area contributed by atoms with Gasteiger partial charge in [-0.1, -0.05) is 394 Å². The minimum Gasteiger partial charge on any atom is -0.309 e. The third-order valence-electron chi connectivity index (χ3n) is 30.4. The molecule has 702 valence electrons. The van der Waals surface area contributed by atoms with E-state index in [1.54, 1.807) is 0 Å². The SMILES string of the molecule is c1ccc(-c2ccc(-n3c4ccc(-c5ccc6c(c5)c5ccccc5n6-c5ccccc5)cc4c4cccc(-c5ccccc5)c43)cc2)cc1.c1ccc(-c2ccc(-n3c4ccccc4c4cc(-c5ccc6c(c5)c5cc(-c7ccccc7)ccc5n6-c5ccccc5)ccc43)cc2)cc1.c1ccc(-c2cccc(-n3c4ccccc4c4cc(-c5ccc6c(c5)c5cc(-c7ccccc7)ccc5n6-c5ccccc5)ccc43)c2)cc1. The van der Waals surface area contributed by atoms with Gasteiger partial charge >= 0.3 is 0 Å². The molecule has 150 heavy (non-hydrogen) atoms. The summed E-state index contributed by atoms with van der Waals surface area (Å²) in [5, 5.41) is 15.0. The molecule has 0 fully saturated rings. The van der Waals surface area contributed by atoms with Crippen LogP contribution in [-0.4, -0.2) is 27.4 Å². The first-order valence-electron chi connectivity index (χ1n) is 51.6. The summed E-state index contributed by atoms with van der Waals surface area (Å²) in [7, 11) is 0. The predicted octanol–water partition coefficient (Wildman–Crippen LogP) is 38.6. The molecule has 0 N–H and O–H groups in total. The van der Waals surface area contributed by atoms with Crippen LogP contribution in [0.2, 0.25) is 0 Å². The maximum Gasteiger partial charge on any atom is 0.0619 e. The Balaban J connectivity index is 0.000000108. The van der Waals surface area contributed by atoms with Gasteiger partial charge in [-0.3, -0.25) is 0 Å². The Morgan fingerprint density at radius 1 is 0.0867 bits per heavy atom. The fourth-order valence-electron chi connectivity index (χ4n) is 23.3. The molecule has 0 bridgehead atoms. The van der Waals surface area contributed by atoms with Crippen molar-refractivity contribution in [2.45, 2.75) is 0 Å². The van der Waals surface area contributed by atoms with E-state index in [9.17, 15) is 0 Å². The van der Waals surface area contributed by atoms with Crippen molar-refractivity contribution in [3.05, 3.63) is 582 Å². The Morgan fingerprint density at radius 3 is 0.567 bits per heavy atom.